The van der Waals surface area contributed by atoms with Crippen molar-refractivity contribution in [2.24, 2.45) is 5.73 Å². The second-order valence-corrected chi connectivity index (χ2v) is 4.91. The minimum Gasteiger partial charge on any atom is -0.496 e. The van der Waals surface area contributed by atoms with Crippen LogP contribution in [0.2, 0.25) is 0 Å². The maximum absolute atomic E-state index is 6.05. The molecule has 1 heterocycles. The molecule has 0 bridgehead atoms. The van der Waals surface area contributed by atoms with Gasteiger partial charge in [-0.2, -0.15) is 0 Å². The lowest BCUT2D eigenvalue weighted by atomic mass is 10.0. The molecule has 21 heavy (non-hydrogen) atoms. The smallest absolute Gasteiger partial charge is 0.123 e. The molecule has 0 aliphatic carbocycles. The topological polar surface area (TPSA) is 51.4 Å². The number of para-hydroxylation sites is 1. The Morgan fingerprint density at radius 1 is 1.19 bits per heavy atom. The Bertz CT molecular complexity index is 545. The van der Waals surface area contributed by atoms with Gasteiger partial charge >= 0.3 is 0 Å². The normalized spacial score (nSPS) is 12.4. The largest absolute Gasteiger partial charge is 0.496 e. The summed E-state index contributed by atoms with van der Waals surface area (Å²) >= 11 is 0. The fraction of sp³-hybridized carbons (Fsp3) is 0.353. The third-order valence-corrected chi connectivity index (χ3v) is 3.70. The van der Waals surface area contributed by atoms with Crippen molar-refractivity contribution in [3.63, 3.8) is 0 Å². The van der Waals surface area contributed by atoms with Gasteiger partial charge in [-0.1, -0.05) is 25.1 Å². The zero-order valence-corrected chi connectivity index (χ0v) is 12.7. The first-order chi connectivity index (χ1) is 10.3. The van der Waals surface area contributed by atoms with Crippen molar-refractivity contribution < 1.29 is 4.74 Å². The number of nitrogens with two attached hydrogens (primary N) is 1. The molecule has 0 amide bonds. The summed E-state index contributed by atoms with van der Waals surface area (Å²) in [5.41, 5.74) is 8.42. The summed E-state index contributed by atoms with van der Waals surface area (Å²) in [6.07, 6.45) is 3.65. The first-order valence-corrected chi connectivity index (χ1v) is 7.26. The first-order valence-electron chi connectivity index (χ1n) is 7.26. The molecule has 0 fully saturated rings. The number of aromatic nitrogens is 1. The molecule has 1 aromatic carbocycles. The van der Waals surface area contributed by atoms with Crippen LogP contribution in [-0.4, -0.2) is 30.1 Å². The summed E-state index contributed by atoms with van der Waals surface area (Å²) in [4.78, 5) is 6.42. The summed E-state index contributed by atoms with van der Waals surface area (Å²) in [6.45, 7) is 4.47. The van der Waals surface area contributed by atoms with Crippen LogP contribution in [0.25, 0.3) is 0 Å². The number of hydrogen-bond donors (Lipinski definition) is 1. The van der Waals surface area contributed by atoms with E-state index in [4.69, 9.17) is 10.5 Å². The summed E-state index contributed by atoms with van der Waals surface area (Å²) in [5, 5.41) is 0. The van der Waals surface area contributed by atoms with Gasteiger partial charge in [0.2, 0.25) is 0 Å². The third-order valence-electron chi connectivity index (χ3n) is 3.70. The maximum atomic E-state index is 6.05. The van der Waals surface area contributed by atoms with Crippen molar-refractivity contribution in [3.05, 3.63) is 59.9 Å². The number of likely N-dealkylation sites (N-methyl/N-ethyl adjacent to an activating group) is 1. The number of ether oxygens (including phenoxy) is 1. The monoisotopic (exact) mass is 285 g/mol. The van der Waals surface area contributed by atoms with Crippen LogP contribution >= 0.6 is 0 Å². The van der Waals surface area contributed by atoms with Crippen molar-refractivity contribution in [3.8, 4) is 5.75 Å². The lowest BCUT2D eigenvalue weighted by Gasteiger charge is -2.31. The molecule has 2 N–H and O–H groups in total. The molecule has 2 rings (SSSR count). The second kappa shape index (κ2) is 7.76. The van der Waals surface area contributed by atoms with E-state index in [9.17, 15) is 0 Å². The first kappa shape index (κ1) is 15.5. The molecule has 4 nitrogen and oxygen atoms in total. The fourth-order valence-corrected chi connectivity index (χ4v) is 2.58. The highest BCUT2D eigenvalue weighted by Crippen LogP contribution is 2.29. The van der Waals surface area contributed by atoms with E-state index in [1.807, 2.05) is 42.7 Å². The highest BCUT2D eigenvalue weighted by molar-refractivity contribution is 5.36. The van der Waals surface area contributed by atoms with E-state index in [0.29, 0.717) is 6.54 Å². The lowest BCUT2D eigenvalue weighted by molar-refractivity contribution is 0.199. The molecular formula is C17H23N3O. The zero-order valence-electron chi connectivity index (χ0n) is 12.7. The average Bonchev–Trinajstić information content (AvgIpc) is 2.56. The summed E-state index contributed by atoms with van der Waals surface area (Å²) in [5.74, 6) is 0.890. The maximum Gasteiger partial charge on any atom is 0.123 e. The molecule has 1 aromatic heterocycles. The van der Waals surface area contributed by atoms with Gasteiger partial charge in [-0.05, 0) is 30.3 Å². The zero-order chi connectivity index (χ0) is 15.1. The Kier molecular flexibility index (Phi) is 5.72. The number of rotatable bonds is 7. The number of nitrogens with zero attached hydrogens (tertiary/aromatic N) is 2. The molecule has 0 radical (unpaired) electrons. The minimum absolute atomic E-state index is 0.138. The van der Waals surface area contributed by atoms with Gasteiger partial charge < -0.3 is 10.5 Å². The van der Waals surface area contributed by atoms with Gasteiger partial charge in [0.15, 0.2) is 0 Å². The van der Waals surface area contributed by atoms with Crippen molar-refractivity contribution in [1.29, 1.82) is 0 Å². The van der Waals surface area contributed by atoms with Gasteiger partial charge in [-0.15, -0.1) is 0 Å². The van der Waals surface area contributed by atoms with Gasteiger partial charge in [0.05, 0.1) is 13.2 Å². The SMILES string of the molecule is CCN(Cc1ccncc1)C(CN)c1ccccc1OC. The van der Waals surface area contributed by atoms with E-state index in [0.717, 1.165) is 24.4 Å². The molecule has 0 aliphatic rings. The van der Waals surface area contributed by atoms with Gasteiger partial charge in [0.25, 0.3) is 0 Å². The molecule has 4 heteroatoms. The van der Waals surface area contributed by atoms with E-state index in [2.05, 4.69) is 22.9 Å². The van der Waals surface area contributed by atoms with Crippen molar-refractivity contribution >= 4 is 0 Å². The number of methoxy groups -OCH3 is 1. The Morgan fingerprint density at radius 2 is 1.90 bits per heavy atom. The van der Waals surface area contributed by atoms with E-state index >= 15 is 0 Å². The van der Waals surface area contributed by atoms with Crippen LogP contribution in [0, 0.1) is 0 Å². The second-order valence-electron chi connectivity index (χ2n) is 4.91. The number of benzene rings is 1. The van der Waals surface area contributed by atoms with Gasteiger partial charge in [0.1, 0.15) is 5.75 Å². The Morgan fingerprint density at radius 3 is 2.52 bits per heavy atom. The molecule has 2 aromatic rings. The summed E-state index contributed by atoms with van der Waals surface area (Å²) in [6, 6.07) is 12.3. The quantitative estimate of drug-likeness (QED) is 0.849. The Hall–Kier alpha value is -1.91. The summed E-state index contributed by atoms with van der Waals surface area (Å²) < 4.78 is 5.48. The lowest BCUT2D eigenvalue weighted by Crippen LogP contribution is -2.33. The minimum atomic E-state index is 0.138. The molecular weight excluding hydrogens is 262 g/mol. The standard InChI is InChI=1S/C17H23N3O/c1-3-20(13-14-8-10-19-11-9-14)16(12-18)15-6-4-5-7-17(15)21-2/h4-11,16H,3,12-13,18H2,1-2H3. The van der Waals surface area contributed by atoms with Crippen molar-refractivity contribution in [1.82, 2.24) is 9.88 Å². The highest BCUT2D eigenvalue weighted by Gasteiger charge is 2.21. The van der Waals surface area contributed by atoms with Gasteiger partial charge in [-0.25, -0.2) is 0 Å². The Labute approximate surface area is 126 Å². The third kappa shape index (κ3) is 3.80. The molecule has 1 atom stereocenters. The fourth-order valence-electron chi connectivity index (χ4n) is 2.58. The predicted molar refractivity (Wildman–Crippen MR) is 85.1 cm³/mol. The van der Waals surface area contributed by atoms with Gasteiger partial charge in [-0.3, -0.25) is 9.88 Å². The van der Waals surface area contributed by atoms with Crippen LogP contribution in [0.4, 0.5) is 0 Å². The molecule has 112 valence electrons. The molecule has 0 spiro atoms. The average molecular weight is 285 g/mol. The summed E-state index contributed by atoms with van der Waals surface area (Å²) in [7, 11) is 1.70. The molecule has 0 aliphatic heterocycles. The van der Waals surface area contributed by atoms with Crippen LogP contribution in [0.3, 0.4) is 0 Å². The molecule has 0 saturated carbocycles. The van der Waals surface area contributed by atoms with Gasteiger partial charge in [0, 0.05) is 31.0 Å². The number of pyridine rings is 1. The van der Waals surface area contributed by atoms with Crippen LogP contribution in [0.5, 0.6) is 5.75 Å². The predicted octanol–water partition coefficient (Wildman–Crippen LogP) is 2.61. The molecule has 0 saturated heterocycles. The van der Waals surface area contributed by atoms with E-state index in [1.165, 1.54) is 5.56 Å². The number of hydrogen-bond acceptors (Lipinski definition) is 4. The highest BCUT2D eigenvalue weighted by atomic mass is 16.5. The van der Waals surface area contributed by atoms with Crippen LogP contribution in [0.1, 0.15) is 24.1 Å². The van der Waals surface area contributed by atoms with Crippen LogP contribution in [0.15, 0.2) is 48.8 Å². The van der Waals surface area contributed by atoms with Crippen LogP contribution in [-0.2, 0) is 6.54 Å². The van der Waals surface area contributed by atoms with Crippen molar-refractivity contribution in [2.75, 3.05) is 20.2 Å². The van der Waals surface area contributed by atoms with E-state index in [-0.39, 0.29) is 6.04 Å². The van der Waals surface area contributed by atoms with E-state index in [1.54, 1.807) is 7.11 Å². The van der Waals surface area contributed by atoms with Crippen molar-refractivity contribution in [2.45, 2.75) is 19.5 Å². The molecule has 1 unspecified atom stereocenters. The van der Waals surface area contributed by atoms with Crippen LogP contribution < -0.4 is 10.5 Å². The Balaban J connectivity index is 2.25. The van der Waals surface area contributed by atoms with E-state index < -0.39 is 0 Å².